The molecule has 1 heteroatoms. The molecule has 0 bridgehead atoms. The van der Waals surface area contributed by atoms with Gasteiger partial charge in [0.2, 0.25) is 0 Å². The molecule has 0 spiro atoms. The first-order valence-electron chi connectivity index (χ1n) is 6.68. The second-order valence-corrected chi connectivity index (χ2v) is 6.34. The lowest BCUT2D eigenvalue weighted by Gasteiger charge is -2.33. The maximum Gasteiger partial charge on any atom is 0.136 e. The van der Waals surface area contributed by atoms with Crippen LogP contribution in [0.15, 0.2) is 11.6 Å². The summed E-state index contributed by atoms with van der Waals surface area (Å²) in [6.45, 7) is 9.07. The minimum Gasteiger partial charge on any atom is -0.299 e. The first kappa shape index (κ1) is 11.9. The molecule has 3 atom stereocenters. The summed E-state index contributed by atoms with van der Waals surface area (Å²) in [6, 6.07) is 0. The van der Waals surface area contributed by atoms with Crippen molar-refractivity contribution in [2.24, 2.45) is 23.2 Å². The molecule has 90 valence electrons. The first-order chi connectivity index (χ1) is 7.45. The van der Waals surface area contributed by atoms with Crippen LogP contribution in [0.2, 0.25) is 0 Å². The number of carbonyl (C=O) groups is 1. The molecule has 0 N–H and O–H groups in total. The van der Waals surface area contributed by atoms with Gasteiger partial charge in [0.15, 0.2) is 0 Å². The molecule has 1 fully saturated rings. The van der Waals surface area contributed by atoms with E-state index in [-0.39, 0.29) is 0 Å². The number of rotatable bonds is 2. The monoisotopic (exact) mass is 220 g/mol. The van der Waals surface area contributed by atoms with Crippen LogP contribution in [0.5, 0.6) is 0 Å². The maximum atomic E-state index is 11.8. The zero-order valence-corrected chi connectivity index (χ0v) is 11.0. The molecule has 2 aliphatic carbocycles. The summed E-state index contributed by atoms with van der Waals surface area (Å²) in [4.78, 5) is 11.8. The molecule has 0 aliphatic heterocycles. The minimum absolute atomic E-state index is 0.309. The van der Waals surface area contributed by atoms with E-state index < -0.39 is 0 Å². The molecule has 0 aromatic carbocycles. The maximum absolute atomic E-state index is 11.8. The number of hydrogen-bond donors (Lipinski definition) is 0. The Bertz CT molecular complexity index is 324. The average molecular weight is 220 g/mol. The van der Waals surface area contributed by atoms with E-state index in [9.17, 15) is 4.79 Å². The number of fused-ring (bicyclic) bond motifs is 1. The third-order valence-corrected chi connectivity index (χ3v) is 4.71. The van der Waals surface area contributed by atoms with Crippen LogP contribution in [-0.2, 0) is 4.79 Å². The highest BCUT2D eigenvalue weighted by atomic mass is 16.1. The van der Waals surface area contributed by atoms with Gasteiger partial charge in [0.1, 0.15) is 5.78 Å². The SMILES string of the molecule is CCC(=O)C1CC=C2C(C)CC(C)(C)C2C1. The normalized spacial score (nSPS) is 36.8. The predicted molar refractivity (Wildman–Crippen MR) is 67.2 cm³/mol. The van der Waals surface area contributed by atoms with Crippen LogP contribution in [0.25, 0.3) is 0 Å². The molecule has 0 aromatic rings. The van der Waals surface area contributed by atoms with E-state index in [0.29, 0.717) is 29.5 Å². The summed E-state index contributed by atoms with van der Waals surface area (Å²) in [6.07, 6.45) is 6.48. The lowest BCUT2D eigenvalue weighted by molar-refractivity contribution is -0.123. The van der Waals surface area contributed by atoms with E-state index in [1.54, 1.807) is 5.57 Å². The van der Waals surface area contributed by atoms with Gasteiger partial charge in [-0.1, -0.05) is 39.3 Å². The summed E-state index contributed by atoms with van der Waals surface area (Å²) >= 11 is 0. The van der Waals surface area contributed by atoms with Gasteiger partial charge in [-0.3, -0.25) is 4.79 Å². The number of ketones is 1. The highest BCUT2D eigenvalue weighted by molar-refractivity contribution is 5.81. The molecular weight excluding hydrogens is 196 g/mol. The third kappa shape index (κ3) is 1.85. The molecule has 16 heavy (non-hydrogen) atoms. The second-order valence-electron chi connectivity index (χ2n) is 6.34. The Morgan fingerprint density at radius 1 is 1.50 bits per heavy atom. The van der Waals surface area contributed by atoms with Crippen molar-refractivity contribution in [3.05, 3.63) is 11.6 Å². The van der Waals surface area contributed by atoms with E-state index in [1.807, 2.05) is 6.92 Å². The predicted octanol–water partition coefficient (Wildman–Crippen LogP) is 3.98. The van der Waals surface area contributed by atoms with Gasteiger partial charge in [-0.25, -0.2) is 0 Å². The number of hydrogen-bond acceptors (Lipinski definition) is 1. The van der Waals surface area contributed by atoms with Crippen molar-refractivity contribution in [3.63, 3.8) is 0 Å². The second kappa shape index (κ2) is 4.01. The van der Waals surface area contributed by atoms with E-state index >= 15 is 0 Å². The van der Waals surface area contributed by atoms with Gasteiger partial charge in [0.25, 0.3) is 0 Å². The minimum atomic E-state index is 0.309. The number of allylic oxidation sites excluding steroid dienone is 2. The molecule has 0 amide bonds. The topological polar surface area (TPSA) is 17.1 Å². The van der Waals surface area contributed by atoms with Crippen molar-refractivity contribution in [1.29, 1.82) is 0 Å². The standard InChI is InChI=1S/C15H24O/c1-5-14(16)11-6-7-12-10(2)9-15(3,4)13(12)8-11/h7,10-11,13H,5-6,8-9H2,1-4H3. The Labute approximate surface area is 99.3 Å². The van der Waals surface area contributed by atoms with Gasteiger partial charge in [-0.15, -0.1) is 0 Å². The van der Waals surface area contributed by atoms with Crippen molar-refractivity contribution in [1.82, 2.24) is 0 Å². The lowest BCUT2D eigenvalue weighted by atomic mass is 9.71. The Hall–Kier alpha value is -0.590. The Morgan fingerprint density at radius 2 is 2.19 bits per heavy atom. The largest absolute Gasteiger partial charge is 0.299 e. The Balaban J connectivity index is 2.20. The van der Waals surface area contributed by atoms with Crippen LogP contribution >= 0.6 is 0 Å². The van der Waals surface area contributed by atoms with Crippen LogP contribution in [0, 0.1) is 23.2 Å². The molecule has 2 rings (SSSR count). The average Bonchev–Trinajstić information content (AvgIpc) is 2.48. The highest BCUT2D eigenvalue weighted by Crippen LogP contribution is 2.54. The first-order valence-corrected chi connectivity index (χ1v) is 6.68. The summed E-state index contributed by atoms with van der Waals surface area (Å²) in [5.74, 6) is 2.17. The smallest absolute Gasteiger partial charge is 0.136 e. The Kier molecular flexibility index (Phi) is 2.98. The van der Waals surface area contributed by atoms with Crippen molar-refractivity contribution < 1.29 is 4.79 Å². The van der Waals surface area contributed by atoms with Crippen LogP contribution in [0.4, 0.5) is 0 Å². The van der Waals surface area contributed by atoms with Crippen LogP contribution in [-0.4, -0.2) is 5.78 Å². The van der Waals surface area contributed by atoms with Gasteiger partial charge in [0.05, 0.1) is 0 Å². The molecule has 0 heterocycles. The third-order valence-electron chi connectivity index (χ3n) is 4.71. The van der Waals surface area contributed by atoms with E-state index in [2.05, 4.69) is 26.8 Å². The van der Waals surface area contributed by atoms with Crippen LogP contribution < -0.4 is 0 Å². The van der Waals surface area contributed by atoms with E-state index in [1.165, 1.54) is 6.42 Å². The molecule has 0 aromatic heterocycles. The van der Waals surface area contributed by atoms with Gasteiger partial charge in [0, 0.05) is 12.3 Å². The molecule has 2 aliphatic rings. The van der Waals surface area contributed by atoms with Gasteiger partial charge >= 0.3 is 0 Å². The summed E-state index contributed by atoms with van der Waals surface area (Å²) in [7, 11) is 0. The zero-order chi connectivity index (χ0) is 11.9. The van der Waals surface area contributed by atoms with Gasteiger partial charge < -0.3 is 0 Å². The number of carbonyl (C=O) groups excluding carboxylic acids is 1. The molecule has 0 saturated heterocycles. The quantitative estimate of drug-likeness (QED) is 0.643. The fraction of sp³-hybridized carbons (Fsp3) is 0.800. The fourth-order valence-electron chi connectivity index (χ4n) is 3.85. The van der Waals surface area contributed by atoms with Gasteiger partial charge in [-0.05, 0) is 36.5 Å². The van der Waals surface area contributed by atoms with Crippen molar-refractivity contribution in [3.8, 4) is 0 Å². The molecular formula is C15H24O. The van der Waals surface area contributed by atoms with Crippen molar-refractivity contribution >= 4 is 5.78 Å². The van der Waals surface area contributed by atoms with Crippen molar-refractivity contribution in [2.45, 2.75) is 53.4 Å². The molecule has 0 radical (unpaired) electrons. The zero-order valence-electron chi connectivity index (χ0n) is 11.0. The molecule has 3 unspecified atom stereocenters. The summed E-state index contributed by atoms with van der Waals surface area (Å²) in [5.41, 5.74) is 2.04. The van der Waals surface area contributed by atoms with Crippen molar-refractivity contribution in [2.75, 3.05) is 0 Å². The fourth-order valence-corrected chi connectivity index (χ4v) is 3.85. The van der Waals surface area contributed by atoms with E-state index in [4.69, 9.17) is 0 Å². The Morgan fingerprint density at radius 3 is 2.81 bits per heavy atom. The van der Waals surface area contributed by atoms with Crippen LogP contribution in [0.1, 0.15) is 53.4 Å². The van der Waals surface area contributed by atoms with E-state index in [0.717, 1.165) is 18.8 Å². The molecule has 1 nitrogen and oxygen atoms in total. The summed E-state index contributed by atoms with van der Waals surface area (Å²) < 4.78 is 0. The molecule has 1 saturated carbocycles. The highest BCUT2D eigenvalue weighted by Gasteiger charge is 2.45. The number of Topliss-reactive ketones (excluding diaryl/α,β-unsaturated/α-hetero) is 1. The van der Waals surface area contributed by atoms with Gasteiger partial charge in [-0.2, -0.15) is 0 Å². The summed E-state index contributed by atoms with van der Waals surface area (Å²) in [5, 5.41) is 0. The lowest BCUT2D eigenvalue weighted by Crippen LogP contribution is -2.27. The van der Waals surface area contributed by atoms with Crippen LogP contribution in [0.3, 0.4) is 0 Å².